The van der Waals surface area contributed by atoms with Crippen LogP contribution in [0.15, 0.2) is 12.1 Å². The van der Waals surface area contributed by atoms with E-state index in [9.17, 15) is 26.7 Å². The van der Waals surface area contributed by atoms with E-state index in [0.717, 1.165) is 5.56 Å². The molecule has 0 fully saturated rings. The third-order valence-corrected chi connectivity index (χ3v) is 4.00. The highest BCUT2D eigenvalue weighted by Crippen LogP contribution is 2.42. The van der Waals surface area contributed by atoms with Gasteiger partial charge in [0.1, 0.15) is 0 Å². The van der Waals surface area contributed by atoms with Crippen molar-refractivity contribution in [1.82, 2.24) is 0 Å². The Balaban J connectivity index is 3.76. The monoisotopic (exact) mass is 350 g/mol. The van der Waals surface area contributed by atoms with E-state index >= 15 is 0 Å². The highest BCUT2D eigenvalue weighted by Gasteiger charge is 2.63. The fourth-order valence-corrected chi connectivity index (χ4v) is 2.50. The van der Waals surface area contributed by atoms with Gasteiger partial charge >= 0.3 is 12.1 Å². The predicted octanol–water partition coefficient (Wildman–Crippen LogP) is 6.44. The van der Waals surface area contributed by atoms with Gasteiger partial charge in [0.2, 0.25) is 5.78 Å². The molecule has 0 aliphatic carbocycles. The van der Waals surface area contributed by atoms with E-state index in [1.165, 1.54) is 0 Å². The first kappa shape index (κ1) is 20.6. The summed E-state index contributed by atoms with van der Waals surface area (Å²) in [5.41, 5.74) is 0.790. The van der Waals surface area contributed by atoms with Gasteiger partial charge in [-0.25, -0.2) is 0 Å². The Morgan fingerprint density at radius 3 is 1.42 bits per heavy atom. The van der Waals surface area contributed by atoms with Crippen LogP contribution in [0.25, 0.3) is 0 Å². The van der Waals surface area contributed by atoms with E-state index in [-0.39, 0.29) is 28.9 Å². The molecular weight excluding hydrogens is 327 g/mol. The van der Waals surface area contributed by atoms with Gasteiger partial charge in [-0.05, 0) is 34.4 Å². The number of hydrogen-bond acceptors (Lipinski definition) is 1. The van der Waals surface area contributed by atoms with Crippen molar-refractivity contribution < 1.29 is 26.7 Å². The summed E-state index contributed by atoms with van der Waals surface area (Å²) >= 11 is 0. The number of carbonyl (C=O) groups excluding carboxylic acids is 1. The van der Waals surface area contributed by atoms with Gasteiger partial charge in [-0.15, -0.1) is 0 Å². The zero-order valence-electron chi connectivity index (χ0n) is 14.7. The maximum atomic E-state index is 13.7. The molecule has 1 rings (SSSR count). The van der Waals surface area contributed by atoms with Crippen molar-refractivity contribution in [1.29, 1.82) is 0 Å². The lowest BCUT2D eigenvalue weighted by atomic mass is 9.81. The molecule has 6 heteroatoms. The fourth-order valence-electron chi connectivity index (χ4n) is 2.50. The second-order valence-electron chi connectivity index (χ2n) is 6.94. The molecule has 0 unspecified atom stereocenters. The average molecular weight is 350 g/mol. The van der Waals surface area contributed by atoms with Crippen LogP contribution in [0.4, 0.5) is 22.0 Å². The average Bonchev–Trinajstić information content (AvgIpc) is 2.43. The van der Waals surface area contributed by atoms with Crippen LogP contribution in [0.1, 0.15) is 86.3 Å². The number of carbonyl (C=O) groups is 1. The lowest BCUT2D eigenvalue weighted by Gasteiger charge is -2.25. The summed E-state index contributed by atoms with van der Waals surface area (Å²) in [5.74, 6) is -8.22. The molecule has 0 bridgehead atoms. The molecule has 1 aromatic carbocycles. The van der Waals surface area contributed by atoms with E-state index in [1.807, 2.05) is 13.8 Å². The van der Waals surface area contributed by atoms with Gasteiger partial charge in [0.15, 0.2) is 0 Å². The Bertz CT molecular complexity index is 583. The van der Waals surface area contributed by atoms with Gasteiger partial charge in [-0.1, -0.05) is 53.7 Å². The normalized spacial score (nSPS) is 13.2. The summed E-state index contributed by atoms with van der Waals surface area (Å²) in [5, 5.41) is 0. The molecule has 0 spiro atoms. The van der Waals surface area contributed by atoms with Gasteiger partial charge in [0, 0.05) is 5.56 Å². The Kier molecular flexibility index (Phi) is 5.84. The molecule has 0 saturated carbocycles. The summed E-state index contributed by atoms with van der Waals surface area (Å²) in [6.07, 6.45) is -5.91. The maximum absolute atomic E-state index is 13.7. The lowest BCUT2D eigenvalue weighted by Crippen LogP contribution is -2.45. The highest BCUT2D eigenvalue weighted by molar-refractivity contribution is 6.04. The maximum Gasteiger partial charge on any atom is 0.461 e. The smallest absolute Gasteiger partial charge is 0.287 e. The summed E-state index contributed by atoms with van der Waals surface area (Å²) in [7, 11) is 0. The van der Waals surface area contributed by atoms with Crippen molar-refractivity contribution in [3.05, 3.63) is 34.4 Å². The molecule has 0 saturated heterocycles. The van der Waals surface area contributed by atoms with Crippen molar-refractivity contribution in [2.75, 3.05) is 0 Å². The van der Waals surface area contributed by atoms with Crippen LogP contribution in [0, 0.1) is 0 Å². The van der Waals surface area contributed by atoms with E-state index in [4.69, 9.17) is 0 Å². The van der Waals surface area contributed by atoms with Crippen molar-refractivity contribution in [2.24, 2.45) is 0 Å². The molecule has 0 heterocycles. The van der Waals surface area contributed by atoms with E-state index in [1.54, 1.807) is 39.8 Å². The van der Waals surface area contributed by atoms with Crippen LogP contribution in [-0.4, -0.2) is 17.9 Å². The third kappa shape index (κ3) is 3.78. The largest absolute Gasteiger partial charge is 0.461 e. The highest BCUT2D eigenvalue weighted by atomic mass is 19.4. The number of hydrogen-bond donors (Lipinski definition) is 0. The molecule has 136 valence electrons. The Labute approximate surface area is 139 Å². The van der Waals surface area contributed by atoms with Crippen LogP contribution in [0.5, 0.6) is 0 Å². The van der Waals surface area contributed by atoms with Gasteiger partial charge in [0.05, 0.1) is 0 Å². The van der Waals surface area contributed by atoms with Crippen molar-refractivity contribution in [3.63, 3.8) is 0 Å². The van der Waals surface area contributed by atoms with Crippen LogP contribution >= 0.6 is 0 Å². The number of halogens is 5. The Morgan fingerprint density at radius 2 is 1.17 bits per heavy atom. The van der Waals surface area contributed by atoms with Crippen molar-refractivity contribution >= 4 is 5.78 Å². The lowest BCUT2D eigenvalue weighted by molar-refractivity contribution is -0.255. The van der Waals surface area contributed by atoms with Gasteiger partial charge < -0.3 is 0 Å². The van der Waals surface area contributed by atoms with Crippen LogP contribution in [0.2, 0.25) is 0 Å². The SMILES string of the molecule is CC(C)c1cc(C(C)C)c(C(=O)C(F)(F)C(F)(F)F)c(C(C)C)c1. The summed E-state index contributed by atoms with van der Waals surface area (Å²) in [6, 6.07) is 3.14. The fraction of sp³-hybridized carbons (Fsp3) is 0.611. The standard InChI is InChI=1S/C18H23F5O/c1-9(2)12-7-13(10(3)4)15(14(8-12)11(5)6)16(24)17(19,20)18(21,22)23/h7-11H,1-6H3. The topological polar surface area (TPSA) is 17.1 Å². The molecule has 0 aromatic heterocycles. The molecule has 0 aliphatic rings. The third-order valence-electron chi connectivity index (χ3n) is 4.00. The van der Waals surface area contributed by atoms with Crippen molar-refractivity contribution in [2.45, 2.75) is 71.4 Å². The van der Waals surface area contributed by atoms with Crippen LogP contribution in [-0.2, 0) is 0 Å². The molecular formula is C18H23F5O. The first-order valence-corrected chi connectivity index (χ1v) is 7.88. The van der Waals surface area contributed by atoms with Gasteiger partial charge in [-0.2, -0.15) is 22.0 Å². The Hall–Kier alpha value is -1.46. The number of rotatable bonds is 5. The molecule has 1 aromatic rings. The van der Waals surface area contributed by atoms with E-state index in [2.05, 4.69) is 0 Å². The van der Waals surface area contributed by atoms with Gasteiger partial charge in [-0.3, -0.25) is 4.79 Å². The number of alkyl halides is 5. The zero-order valence-corrected chi connectivity index (χ0v) is 14.7. The predicted molar refractivity (Wildman–Crippen MR) is 84.0 cm³/mol. The number of Topliss-reactive ketones (excluding diaryl/α,β-unsaturated/α-hetero) is 1. The van der Waals surface area contributed by atoms with Crippen molar-refractivity contribution in [3.8, 4) is 0 Å². The minimum absolute atomic E-state index is 0.0623. The summed E-state index contributed by atoms with van der Waals surface area (Å²) < 4.78 is 65.4. The van der Waals surface area contributed by atoms with Gasteiger partial charge in [0.25, 0.3) is 0 Å². The molecule has 0 amide bonds. The zero-order chi connectivity index (χ0) is 19.0. The summed E-state index contributed by atoms with van der Waals surface area (Å²) in [4.78, 5) is 12.2. The molecule has 0 atom stereocenters. The molecule has 1 nitrogen and oxygen atoms in total. The summed E-state index contributed by atoms with van der Waals surface area (Å²) in [6.45, 7) is 10.5. The van der Waals surface area contributed by atoms with Crippen LogP contribution < -0.4 is 0 Å². The molecule has 0 aliphatic heterocycles. The van der Waals surface area contributed by atoms with E-state index < -0.39 is 23.4 Å². The first-order chi connectivity index (χ1) is 10.7. The molecule has 0 radical (unpaired) electrons. The number of benzene rings is 1. The Morgan fingerprint density at radius 1 is 0.792 bits per heavy atom. The second-order valence-corrected chi connectivity index (χ2v) is 6.94. The van der Waals surface area contributed by atoms with E-state index in [0.29, 0.717) is 0 Å². The quantitative estimate of drug-likeness (QED) is 0.441. The minimum atomic E-state index is -5.91. The minimum Gasteiger partial charge on any atom is -0.287 e. The van der Waals surface area contributed by atoms with Crippen LogP contribution in [0.3, 0.4) is 0 Å². The molecule has 24 heavy (non-hydrogen) atoms. The second kappa shape index (κ2) is 6.81. The number of ketones is 1. The molecule has 0 N–H and O–H groups in total. The first-order valence-electron chi connectivity index (χ1n) is 7.88.